The van der Waals surface area contributed by atoms with Crippen LogP contribution in [0.3, 0.4) is 0 Å². The Kier molecular flexibility index (Phi) is 6.57. The molecule has 1 heterocycles. The average molecular weight is 379 g/mol. The van der Waals surface area contributed by atoms with Gasteiger partial charge in [0.2, 0.25) is 0 Å². The first-order chi connectivity index (χ1) is 12.3. The summed E-state index contributed by atoms with van der Waals surface area (Å²) < 4.78 is 30.1. The van der Waals surface area contributed by atoms with Crippen LogP contribution < -0.4 is 5.32 Å². The van der Waals surface area contributed by atoms with Crippen molar-refractivity contribution in [3.63, 3.8) is 0 Å². The predicted molar refractivity (Wildman–Crippen MR) is 94.4 cm³/mol. The highest BCUT2D eigenvalue weighted by Crippen LogP contribution is 2.20. The third-order valence-electron chi connectivity index (χ3n) is 3.90. The zero-order valence-corrected chi connectivity index (χ0v) is 15.2. The number of carbonyl (C=O) groups excluding carboxylic acids is 1. The third-order valence-corrected chi connectivity index (χ3v) is 5.58. The summed E-state index contributed by atoms with van der Waals surface area (Å²) in [5.74, 6) is -2.82. The first-order valence-electron chi connectivity index (χ1n) is 8.20. The molecule has 0 aliphatic heterocycles. The van der Waals surface area contributed by atoms with Crippen LogP contribution in [0.1, 0.15) is 35.9 Å². The van der Waals surface area contributed by atoms with Crippen molar-refractivity contribution in [1.29, 1.82) is 0 Å². The van der Waals surface area contributed by atoms with Crippen molar-refractivity contribution in [2.45, 2.75) is 30.4 Å². The van der Waals surface area contributed by atoms with Gasteiger partial charge >= 0.3 is 5.97 Å². The van der Waals surface area contributed by atoms with Crippen LogP contribution in [0.25, 0.3) is 0 Å². The summed E-state index contributed by atoms with van der Waals surface area (Å²) in [5.41, 5.74) is 0.230. The van der Waals surface area contributed by atoms with Crippen LogP contribution in [0, 0.1) is 5.92 Å². The molecule has 1 aromatic carbocycles. The van der Waals surface area contributed by atoms with Crippen LogP contribution in [0.4, 0.5) is 0 Å². The fraction of sp³-hybridized carbons (Fsp3) is 0.333. The molecule has 2 aromatic rings. The van der Waals surface area contributed by atoms with Crippen LogP contribution >= 0.6 is 0 Å². The van der Waals surface area contributed by atoms with Gasteiger partial charge in [0.05, 0.1) is 22.8 Å². The summed E-state index contributed by atoms with van der Waals surface area (Å²) in [7, 11) is -3.63. The first-order valence-corrected chi connectivity index (χ1v) is 9.85. The van der Waals surface area contributed by atoms with Gasteiger partial charge < -0.3 is 14.8 Å². The molecule has 1 amide bonds. The van der Waals surface area contributed by atoms with Gasteiger partial charge in [-0.1, -0.05) is 31.5 Å². The van der Waals surface area contributed by atoms with Gasteiger partial charge in [0.25, 0.3) is 5.91 Å². The second-order valence-corrected chi connectivity index (χ2v) is 7.87. The smallest absolute Gasteiger partial charge is 0.308 e. The maximum absolute atomic E-state index is 12.5. The summed E-state index contributed by atoms with van der Waals surface area (Å²) in [4.78, 5) is 23.6. The zero-order valence-electron chi connectivity index (χ0n) is 14.3. The van der Waals surface area contributed by atoms with Crippen molar-refractivity contribution in [2.24, 2.45) is 5.92 Å². The number of carboxylic acids is 1. The Morgan fingerprint density at radius 1 is 1.19 bits per heavy atom. The van der Waals surface area contributed by atoms with Gasteiger partial charge in [-0.2, -0.15) is 0 Å². The van der Waals surface area contributed by atoms with E-state index in [4.69, 9.17) is 9.52 Å². The molecule has 0 saturated heterocycles. The summed E-state index contributed by atoms with van der Waals surface area (Å²) in [6.45, 7) is 1.81. The number of benzene rings is 1. The normalized spacial score (nSPS) is 12.5. The molecule has 26 heavy (non-hydrogen) atoms. The van der Waals surface area contributed by atoms with Gasteiger partial charge in [-0.15, -0.1) is 0 Å². The molecule has 1 aromatic heterocycles. The Morgan fingerprint density at radius 2 is 1.88 bits per heavy atom. The number of sulfone groups is 1. The number of nitrogens with one attached hydrogen (secondary N) is 1. The van der Waals surface area contributed by atoms with Crippen molar-refractivity contribution in [2.75, 3.05) is 6.54 Å². The number of hydrogen-bond acceptors (Lipinski definition) is 5. The number of furan rings is 1. The van der Waals surface area contributed by atoms with Crippen molar-refractivity contribution in [3.8, 4) is 0 Å². The quantitative estimate of drug-likeness (QED) is 0.692. The van der Waals surface area contributed by atoms with Gasteiger partial charge in [-0.05, 0) is 24.6 Å². The van der Waals surface area contributed by atoms with Crippen LogP contribution in [0.15, 0.2) is 52.0 Å². The molecular weight excluding hydrogens is 358 g/mol. The molecule has 0 aliphatic carbocycles. The summed E-state index contributed by atoms with van der Waals surface area (Å²) in [5, 5.41) is 11.6. The van der Waals surface area contributed by atoms with E-state index in [2.05, 4.69) is 5.32 Å². The Labute approximate surface area is 151 Å². The topological polar surface area (TPSA) is 114 Å². The summed E-state index contributed by atoms with van der Waals surface area (Å²) in [6.07, 6.45) is 2.35. The maximum atomic E-state index is 12.5. The molecule has 1 unspecified atom stereocenters. The highest BCUT2D eigenvalue weighted by atomic mass is 32.2. The zero-order chi connectivity index (χ0) is 19.2. The Hall–Kier alpha value is -2.61. The van der Waals surface area contributed by atoms with Crippen molar-refractivity contribution < 1.29 is 27.5 Å². The van der Waals surface area contributed by atoms with Gasteiger partial charge in [0, 0.05) is 12.1 Å². The van der Waals surface area contributed by atoms with E-state index in [1.165, 1.54) is 24.5 Å². The lowest BCUT2D eigenvalue weighted by Crippen LogP contribution is -2.33. The van der Waals surface area contributed by atoms with E-state index in [9.17, 15) is 18.0 Å². The lowest BCUT2D eigenvalue weighted by molar-refractivity contribution is -0.141. The van der Waals surface area contributed by atoms with E-state index < -0.39 is 27.6 Å². The van der Waals surface area contributed by atoms with Crippen LogP contribution in [-0.4, -0.2) is 31.9 Å². The fourth-order valence-electron chi connectivity index (χ4n) is 2.52. The largest absolute Gasteiger partial charge is 0.481 e. The SMILES string of the molecule is CCCC(CNC(=O)c1occc1CS(=O)(=O)c1ccccc1)C(=O)O. The fourth-order valence-corrected chi connectivity index (χ4v) is 3.90. The molecule has 0 saturated carbocycles. The molecule has 0 bridgehead atoms. The number of carboxylic acid groups (broad SMARTS) is 1. The second kappa shape index (κ2) is 8.66. The number of hydrogen-bond donors (Lipinski definition) is 2. The van der Waals surface area contributed by atoms with Gasteiger partial charge in [-0.3, -0.25) is 9.59 Å². The minimum absolute atomic E-state index is 0.0480. The van der Waals surface area contributed by atoms with Gasteiger partial charge in [0.1, 0.15) is 0 Å². The first kappa shape index (κ1) is 19.7. The predicted octanol–water partition coefficient (Wildman–Crippen LogP) is 2.48. The number of aliphatic carboxylic acids is 1. The van der Waals surface area contributed by atoms with E-state index in [0.717, 1.165) is 0 Å². The maximum Gasteiger partial charge on any atom is 0.308 e. The third kappa shape index (κ3) is 4.95. The van der Waals surface area contributed by atoms with Crippen molar-refractivity contribution >= 4 is 21.7 Å². The van der Waals surface area contributed by atoms with Crippen molar-refractivity contribution in [3.05, 3.63) is 54.0 Å². The molecule has 8 heteroatoms. The molecule has 7 nitrogen and oxygen atoms in total. The van der Waals surface area contributed by atoms with E-state index in [1.54, 1.807) is 18.2 Å². The minimum Gasteiger partial charge on any atom is -0.481 e. The minimum atomic E-state index is -3.63. The average Bonchev–Trinajstić information content (AvgIpc) is 3.06. The van der Waals surface area contributed by atoms with Crippen LogP contribution in [0.2, 0.25) is 0 Å². The highest BCUT2D eigenvalue weighted by molar-refractivity contribution is 7.90. The molecule has 2 rings (SSSR count). The second-order valence-electron chi connectivity index (χ2n) is 5.88. The molecule has 2 N–H and O–H groups in total. The summed E-state index contributed by atoms with van der Waals surface area (Å²) >= 11 is 0. The Balaban J connectivity index is 2.10. The Morgan fingerprint density at radius 3 is 2.50 bits per heavy atom. The monoisotopic (exact) mass is 379 g/mol. The molecule has 0 radical (unpaired) electrons. The molecule has 0 aliphatic rings. The lowest BCUT2D eigenvalue weighted by Gasteiger charge is -2.12. The van der Waals surface area contributed by atoms with Gasteiger partial charge in [0.15, 0.2) is 15.6 Å². The Bertz CT molecular complexity index is 857. The molecule has 0 spiro atoms. The van der Waals surface area contributed by atoms with E-state index in [0.29, 0.717) is 12.8 Å². The molecular formula is C18H21NO6S. The number of amides is 1. The van der Waals surface area contributed by atoms with Crippen LogP contribution in [0.5, 0.6) is 0 Å². The van der Waals surface area contributed by atoms with E-state index >= 15 is 0 Å². The van der Waals surface area contributed by atoms with E-state index in [-0.39, 0.29) is 28.5 Å². The van der Waals surface area contributed by atoms with Gasteiger partial charge in [-0.25, -0.2) is 8.42 Å². The highest BCUT2D eigenvalue weighted by Gasteiger charge is 2.24. The molecule has 1 atom stereocenters. The van der Waals surface area contributed by atoms with Crippen molar-refractivity contribution in [1.82, 2.24) is 5.32 Å². The lowest BCUT2D eigenvalue weighted by atomic mass is 10.0. The molecule has 140 valence electrons. The molecule has 0 fully saturated rings. The number of rotatable bonds is 9. The number of carbonyl (C=O) groups is 2. The standard InChI is InChI=1S/C18H21NO6S/c1-2-6-13(18(21)22)11-19-17(20)16-14(9-10-25-16)12-26(23,24)15-7-4-3-5-8-15/h3-5,7-10,13H,2,6,11-12H2,1H3,(H,19,20)(H,21,22). The van der Waals surface area contributed by atoms with Crippen LogP contribution in [-0.2, 0) is 20.4 Å². The summed E-state index contributed by atoms with van der Waals surface area (Å²) in [6, 6.07) is 9.35. The van der Waals surface area contributed by atoms with E-state index in [1.807, 2.05) is 6.92 Å².